The molecule has 35 heavy (non-hydrogen) atoms. The Kier molecular flexibility index (Phi) is 5.57. The van der Waals surface area contributed by atoms with Gasteiger partial charge in [0.2, 0.25) is 0 Å². The number of methoxy groups -OCH3 is 1. The molecule has 4 fully saturated rings. The van der Waals surface area contributed by atoms with Gasteiger partial charge in [0.1, 0.15) is 0 Å². The van der Waals surface area contributed by atoms with Gasteiger partial charge in [0.05, 0.1) is 12.7 Å². The molecule has 0 aromatic heterocycles. The molecule has 0 amide bonds. The van der Waals surface area contributed by atoms with Crippen molar-refractivity contribution in [1.29, 1.82) is 0 Å². The van der Waals surface area contributed by atoms with Gasteiger partial charge in [-0.15, -0.1) is 0 Å². The van der Waals surface area contributed by atoms with E-state index in [1.807, 2.05) is 12.1 Å². The van der Waals surface area contributed by atoms with Crippen molar-refractivity contribution in [1.82, 2.24) is 0 Å². The number of carbonyl (C=O) groups is 1. The van der Waals surface area contributed by atoms with E-state index in [-0.39, 0.29) is 16.9 Å². The summed E-state index contributed by atoms with van der Waals surface area (Å²) >= 11 is 0. The highest BCUT2D eigenvalue weighted by molar-refractivity contribution is 5.89. The number of allylic oxidation sites excluding steroid dienone is 2. The highest BCUT2D eigenvalue weighted by atomic mass is 16.5. The first-order valence-electron chi connectivity index (χ1n) is 14.4. The highest BCUT2D eigenvalue weighted by Gasteiger charge is 2.61. The fourth-order valence-electron chi connectivity index (χ4n) is 10.7. The van der Waals surface area contributed by atoms with Crippen LogP contribution in [-0.4, -0.2) is 18.6 Å². The summed E-state index contributed by atoms with van der Waals surface area (Å²) in [6.07, 6.45) is 16.1. The molecular formula is C32H45NO2. The first-order chi connectivity index (χ1) is 16.7. The third-order valence-corrected chi connectivity index (χ3v) is 12.1. The maximum Gasteiger partial charge on any atom is 0.337 e. The van der Waals surface area contributed by atoms with Gasteiger partial charge in [-0.2, -0.15) is 0 Å². The summed E-state index contributed by atoms with van der Waals surface area (Å²) in [7, 11) is 1.45. The lowest BCUT2D eigenvalue weighted by atomic mass is 9.41. The van der Waals surface area contributed by atoms with Crippen LogP contribution in [0.25, 0.3) is 5.57 Å². The van der Waals surface area contributed by atoms with Crippen molar-refractivity contribution in [2.75, 3.05) is 7.11 Å². The van der Waals surface area contributed by atoms with Crippen molar-refractivity contribution in [3.8, 4) is 0 Å². The van der Waals surface area contributed by atoms with Crippen LogP contribution in [0.4, 0.5) is 0 Å². The molecule has 3 nitrogen and oxygen atoms in total. The predicted molar refractivity (Wildman–Crippen MR) is 142 cm³/mol. The summed E-state index contributed by atoms with van der Waals surface area (Å²) in [6, 6.07) is 8.10. The zero-order valence-corrected chi connectivity index (χ0v) is 22.3. The summed E-state index contributed by atoms with van der Waals surface area (Å²) < 4.78 is 4.90. The molecule has 0 spiro atoms. The molecule has 1 aromatic rings. The third-order valence-electron chi connectivity index (χ3n) is 12.1. The number of ether oxygens (including phenoxy) is 1. The minimum absolute atomic E-state index is 0.131. The van der Waals surface area contributed by atoms with E-state index in [9.17, 15) is 4.79 Å². The van der Waals surface area contributed by atoms with E-state index in [4.69, 9.17) is 10.5 Å². The van der Waals surface area contributed by atoms with Crippen molar-refractivity contribution in [2.24, 2.45) is 52.1 Å². The number of rotatable bonds is 2. The van der Waals surface area contributed by atoms with Gasteiger partial charge in [-0.25, -0.2) is 4.79 Å². The summed E-state index contributed by atoms with van der Waals surface area (Å²) in [5.74, 6) is 4.83. The van der Waals surface area contributed by atoms with E-state index >= 15 is 0 Å². The number of fused-ring (bicyclic) bond motifs is 7. The smallest absolute Gasteiger partial charge is 0.337 e. The molecule has 5 aliphatic carbocycles. The molecule has 0 saturated heterocycles. The number of carbonyl (C=O) groups excluding carboxylic acids is 1. The zero-order chi connectivity index (χ0) is 24.6. The van der Waals surface area contributed by atoms with E-state index < -0.39 is 0 Å². The molecule has 3 heteroatoms. The van der Waals surface area contributed by atoms with Crippen LogP contribution in [0.2, 0.25) is 0 Å². The fraction of sp³-hybridized carbons (Fsp3) is 0.719. The van der Waals surface area contributed by atoms with E-state index in [1.165, 1.54) is 82.5 Å². The largest absolute Gasteiger partial charge is 0.465 e. The second-order valence-corrected chi connectivity index (χ2v) is 13.7. The Morgan fingerprint density at radius 2 is 1.60 bits per heavy atom. The monoisotopic (exact) mass is 475 g/mol. The topological polar surface area (TPSA) is 52.3 Å². The van der Waals surface area contributed by atoms with Crippen LogP contribution in [0, 0.1) is 46.3 Å². The van der Waals surface area contributed by atoms with Gasteiger partial charge in [0.15, 0.2) is 0 Å². The lowest BCUT2D eigenvalue weighted by molar-refractivity contribution is -0.120. The Morgan fingerprint density at radius 1 is 0.886 bits per heavy atom. The number of nitrogens with two attached hydrogens (primary N) is 1. The van der Waals surface area contributed by atoms with Crippen LogP contribution < -0.4 is 5.73 Å². The minimum Gasteiger partial charge on any atom is -0.465 e. The molecule has 0 heterocycles. The van der Waals surface area contributed by atoms with Crippen LogP contribution in [-0.2, 0) is 4.74 Å². The molecule has 8 unspecified atom stereocenters. The molecule has 0 bridgehead atoms. The Bertz CT molecular complexity index is 1020. The van der Waals surface area contributed by atoms with E-state index in [0.29, 0.717) is 16.9 Å². The second-order valence-electron chi connectivity index (χ2n) is 13.7. The maximum absolute atomic E-state index is 11.9. The van der Waals surface area contributed by atoms with Crippen LogP contribution in [0.3, 0.4) is 0 Å². The number of esters is 1. The van der Waals surface area contributed by atoms with E-state index in [0.717, 1.165) is 29.6 Å². The molecule has 190 valence electrons. The Morgan fingerprint density at radius 3 is 2.34 bits per heavy atom. The van der Waals surface area contributed by atoms with Gasteiger partial charge in [-0.1, -0.05) is 45.4 Å². The molecule has 0 aliphatic heterocycles. The molecule has 1 aromatic carbocycles. The Hall–Kier alpha value is -1.61. The van der Waals surface area contributed by atoms with Crippen molar-refractivity contribution in [3.63, 3.8) is 0 Å². The van der Waals surface area contributed by atoms with Crippen molar-refractivity contribution >= 4 is 11.5 Å². The first kappa shape index (κ1) is 23.8. The lowest BCUT2D eigenvalue weighted by Gasteiger charge is -2.64. The van der Waals surface area contributed by atoms with Gasteiger partial charge in [0, 0.05) is 5.54 Å². The van der Waals surface area contributed by atoms with Gasteiger partial charge in [0.25, 0.3) is 0 Å². The van der Waals surface area contributed by atoms with Gasteiger partial charge >= 0.3 is 5.97 Å². The predicted octanol–water partition coefficient (Wildman–Crippen LogP) is 7.25. The molecule has 2 N–H and O–H groups in total. The highest BCUT2D eigenvalue weighted by Crippen LogP contribution is 2.68. The molecule has 8 atom stereocenters. The quantitative estimate of drug-likeness (QED) is 0.458. The Labute approximate surface area is 212 Å². The molecule has 4 saturated carbocycles. The number of hydrogen-bond donors (Lipinski definition) is 1. The SMILES string of the molecule is COC(=O)c1ccc(C2=CCC3(C)C4CCC5C(CCC6(N)CCCC56)C4CCC3C2(C)C)cc1. The molecular weight excluding hydrogens is 430 g/mol. The van der Waals surface area contributed by atoms with Crippen LogP contribution in [0.15, 0.2) is 30.3 Å². The van der Waals surface area contributed by atoms with Gasteiger partial charge < -0.3 is 10.5 Å². The van der Waals surface area contributed by atoms with E-state index in [1.54, 1.807) is 0 Å². The second kappa shape index (κ2) is 8.20. The minimum atomic E-state index is -0.262. The average Bonchev–Trinajstić information content (AvgIpc) is 3.25. The fourth-order valence-corrected chi connectivity index (χ4v) is 10.7. The number of benzene rings is 1. The third kappa shape index (κ3) is 3.43. The lowest BCUT2D eigenvalue weighted by Crippen LogP contribution is -2.59. The molecule has 5 aliphatic rings. The van der Waals surface area contributed by atoms with Crippen molar-refractivity contribution < 1.29 is 9.53 Å². The van der Waals surface area contributed by atoms with E-state index in [2.05, 4.69) is 39.0 Å². The van der Waals surface area contributed by atoms with Crippen LogP contribution in [0.1, 0.15) is 101 Å². The van der Waals surface area contributed by atoms with Crippen molar-refractivity contribution in [2.45, 2.75) is 90.5 Å². The summed E-state index contributed by atoms with van der Waals surface area (Å²) in [5.41, 5.74) is 11.0. The van der Waals surface area contributed by atoms with Crippen LogP contribution >= 0.6 is 0 Å². The maximum atomic E-state index is 11.9. The van der Waals surface area contributed by atoms with Crippen LogP contribution in [0.5, 0.6) is 0 Å². The normalized spacial score (nSPS) is 43.7. The van der Waals surface area contributed by atoms with Gasteiger partial charge in [-0.3, -0.25) is 0 Å². The Balaban J connectivity index is 1.28. The zero-order valence-electron chi connectivity index (χ0n) is 22.3. The summed E-state index contributed by atoms with van der Waals surface area (Å²) in [4.78, 5) is 11.9. The summed E-state index contributed by atoms with van der Waals surface area (Å²) in [5, 5.41) is 0. The van der Waals surface area contributed by atoms with Gasteiger partial charge in [-0.05, 0) is 127 Å². The van der Waals surface area contributed by atoms with Crippen molar-refractivity contribution in [3.05, 3.63) is 41.5 Å². The average molecular weight is 476 g/mol. The summed E-state index contributed by atoms with van der Waals surface area (Å²) in [6.45, 7) is 7.63. The number of hydrogen-bond acceptors (Lipinski definition) is 3. The molecule has 6 rings (SSSR count). The standard InChI is InChI=1S/C32H45NO2/c1-30(2)25(20-7-9-21(10-8-20)29(34)35-4)16-18-31(3)26-13-11-24-22(23(26)12-14-28(30)31)15-19-32(33)17-5-6-27(24)32/h7-10,16,22-24,26-28H,5-6,11-15,17-19,33H2,1-4H3. The molecule has 0 radical (unpaired) electrons. The first-order valence-corrected chi connectivity index (χ1v) is 14.4.